The van der Waals surface area contributed by atoms with Crippen molar-refractivity contribution >= 4 is 33.7 Å². The van der Waals surface area contributed by atoms with E-state index in [2.05, 4.69) is 26.6 Å². The Balaban J connectivity index is 2.49. The van der Waals surface area contributed by atoms with Crippen LogP contribution in [0.5, 0.6) is 0 Å². The Bertz CT molecular complexity index is 533. The number of amides is 2. The number of carboxylic acids is 1. The lowest BCUT2D eigenvalue weighted by molar-refractivity contribution is -0.141. The number of halogens is 1. The van der Waals surface area contributed by atoms with Gasteiger partial charge < -0.3 is 15.7 Å². The van der Waals surface area contributed by atoms with Crippen LogP contribution in [0.4, 0.5) is 0 Å². The number of carbonyl (C=O) groups is 3. The summed E-state index contributed by atoms with van der Waals surface area (Å²) < 4.78 is 0.758. The zero-order chi connectivity index (χ0) is 15.8. The second-order valence-corrected chi connectivity index (χ2v) is 5.36. The number of aliphatic carboxylic acids is 1. The topological polar surface area (TPSA) is 95.5 Å². The van der Waals surface area contributed by atoms with Crippen molar-refractivity contribution in [3.63, 3.8) is 0 Å². The number of hydrogen-bond acceptors (Lipinski definition) is 3. The van der Waals surface area contributed by atoms with Crippen molar-refractivity contribution < 1.29 is 19.5 Å². The van der Waals surface area contributed by atoms with Crippen molar-refractivity contribution in [1.29, 1.82) is 0 Å². The van der Waals surface area contributed by atoms with Crippen LogP contribution in [0.1, 0.15) is 30.1 Å². The summed E-state index contributed by atoms with van der Waals surface area (Å²) in [7, 11) is 0. The molecule has 0 heterocycles. The number of carboxylic acid groups (broad SMARTS) is 1. The van der Waals surface area contributed by atoms with Gasteiger partial charge in [-0.05, 0) is 24.6 Å². The van der Waals surface area contributed by atoms with Crippen molar-refractivity contribution in [1.82, 2.24) is 10.6 Å². The molecule has 1 aromatic rings. The third-order valence-corrected chi connectivity index (χ3v) is 3.20. The summed E-state index contributed by atoms with van der Waals surface area (Å²) in [5.74, 6) is -2.00. The van der Waals surface area contributed by atoms with Crippen LogP contribution in [0.2, 0.25) is 0 Å². The van der Waals surface area contributed by atoms with Gasteiger partial charge in [0.1, 0.15) is 6.04 Å². The van der Waals surface area contributed by atoms with Gasteiger partial charge in [-0.1, -0.05) is 35.3 Å². The Labute approximate surface area is 131 Å². The molecule has 0 radical (unpaired) electrons. The van der Waals surface area contributed by atoms with Crippen molar-refractivity contribution in [3.05, 3.63) is 34.3 Å². The van der Waals surface area contributed by atoms with E-state index >= 15 is 0 Å². The first-order valence-electron chi connectivity index (χ1n) is 6.50. The summed E-state index contributed by atoms with van der Waals surface area (Å²) in [4.78, 5) is 34.4. The van der Waals surface area contributed by atoms with E-state index in [-0.39, 0.29) is 6.54 Å². The first kappa shape index (κ1) is 17.2. The molecule has 0 aliphatic rings. The summed E-state index contributed by atoms with van der Waals surface area (Å²) in [6.07, 6.45) is 0.988. The molecule has 0 saturated heterocycles. The van der Waals surface area contributed by atoms with Crippen molar-refractivity contribution in [2.24, 2.45) is 0 Å². The molecule has 0 saturated carbocycles. The van der Waals surface area contributed by atoms with Crippen LogP contribution < -0.4 is 10.6 Å². The molecule has 0 fully saturated rings. The van der Waals surface area contributed by atoms with E-state index < -0.39 is 23.8 Å². The lowest BCUT2D eigenvalue weighted by Crippen LogP contribution is -2.45. The van der Waals surface area contributed by atoms with Crippen molar-refractivity contribution in [2.45, 2.75) is 25.8 Å². The first-order valence-corrected chi connectivity index (χ1v) is 7.29. The van der Waals surface area contributed by atoms with Gasteiger partial charge in [0.05, 0.1) is 6.54 Å². The minimum atomic E-state index is -1.08. The molecule has 114 valence electrons. The molecule has 0 aromatic heterocycles. The Hall–Kier alpha value is -1.89. The standard InChI is InChI=1S/C14H17BrN2O4/c1-2-4-11(14(20)21)17-12(18)8-16-13(19)9-5-3-6-10(15)7-9/h3,5-7,11H,2,4,8H2,1H3,(H,16,19)(H,17,18)(H,20,21)/t11-/m1/s1. The SMILES string of the molecule is CCC[C@@H](NC(=O)CNC(=O)c1cccc(Br)c1)C(=O)O. The fraction of sp³-hybridized carbons (Fsp3) is 0.357. The first-order chi connectivity index (χ1) is 9.93. The highest BCUT2D eigenvalue weighted by atomic mass is 79.9. The molecule has 0 aliphatic carbocycles. The summed E-state index contributed by atoms with van der Waals surface area (Å²) in [6.45, 7) is 1.57. The predicted octanol–water partition coefficient (Wildman–Crippen LogP) is 1.55. The van der Waals surface area contributed by atoms with E-state index in [1.807, 2.05) is 6.92 Å². The van der Waals surface area contributed by atoms with E-state index in [1.54, 1.807) is 24.3 Å². The number of nitrogens with one attached hydrogen (secondary N) is 2. The van der Waals surface area contributed by atoms with Gasteiger partial charge in [0.25, 0.3) is 5.91 Å². The molecule has 0 spiro atoms. The molecular weight excluding hydrogens is 340 g/mol. The number of rotatable bonds is 7. The minimum absolute atomic E-state index is 0.265. The highest BCUT2D eigenvalue weighted by Gasteiger charge is 2.19. The maximum atomic E-state index is 11.8. The Morgan fingerprint density at radius 3 is 2.62 bits per heavy atom. The third-order valence-electron chi connectivity index (χ3n) is 2.71. The zero-order valence-electron chi connectivity index (χ0n) is 11.6. The monoisotopic (exact) mass is 356 g/mol. The zero-order valence-corrected chi connectivity index (χ0v) is 13.1. The van der Waals surface area contributed by atoms with Crippen LogP contribution in [-0.4, -0.2) is 35.5 Å². The van der Waals surface area contributed by atoms with E-state index in [9.17, 15) is 14.4 Å². The normalized spacial score (nSPS) is 11.5. The second kappa shape index (κ2) is 8.41. The Morgan fingerprint density at radius 2 is 2.05 bits per heavy atom. The van der Waals surface area contributed by atoms with Gasteiger partial charge in [0.15, 0.2) is 0 Å². The molecule has 3 N–H and O–H groups in total. The van der Waals surface area contributed by atoms with E-state index in [4.69, 9.17) is 5.11 Å². The molecule has 0 bridgehead atoms. The molecule has 0 aliphatic heterocycles. The molecular formula is C14H17BrN2O4. The van der Waals surface area contributed by atoms with Gasteiger partial charge in [-0.2, -0.15) is 0 Å². The molecule has 7 heteroatoms. The summed E-state index contributed by atoms with van der Waals surface area (Å²) >= 11 is 3.25. The summed E-state index contributed by atoms with van der Waals surface area (Å²) in [6, 6.07) is 5.82. The quantitative estimate of drug-likeness (QED) is 0.690. The lowest BCUT2D eigenvalue weighted by Gasteiger charge is -2.13. The Morgan fingerprint density at radius 1 is 1.33 bits per heavy atom. The lowest BCUT2D eigenvalue weighted by atomic mass is 10.1. The van der Waals surface area contributed by atoms with Crippen LogP contribution in [-0.2, 0) is 9.59 Å². The summed E-state index contributed by atoms with van der Waals surface area (Å²) in [5.41, 5.74) is 0.417. The van der Waals surface area contributed by atoms with Crippen LogP contribution in [0, 0.1) is 0 Å². The summed E-state index contributed by atoms with van der Waals surface area (Å²) in [5, 5.41) is 13.8. The van der Waals surface area contributed by atoms with Crippen LogP contribution >= 0.6 is 15.9 Å². The Kier molecular flexibility index (Phi) is 6.87. The van der Waals surface area contributed by atoms with Crippen LogP contribution in [0.25, 0.3) is 0 Å². The fourth-order valence-corrected chi connectivity index (χ4v) is 2.08. The molecule has 1 aromatic carbocycles. The smallest absolute Gasteiger partial charge is 0.326 e. The number of hydrogen-bond donors (Lipinski definition) is 3. The van der Waals surface area contributed by atoms with Crippen LogP contribution in [0.15, 0.2) is 28.7 Å². The maximum absolute atomic E-state index is 11.8. The van der Waals surface area contributed by atoms with Crippen molar-refractivity contribution in [3.8, 4) is 0 Å². The third kappa shape index (κ3) is 5.95. The highest BCUT2D eigenvalue weighted by molar-refractivity contribution is 9.10. The van der Waals surface area contributed by atoms with Gasteiger partial charge in [0, 0.05) is 10.0 Å². The highest BCUT2D eigenvalue weighted by Crippen LogP contribution is 2.11. The maximum Gasteiger partial charge on any atom is 0.326 e. The molecule has 0 unspecified atom stereocenters. The molecule has 21 heavy (non-hydrogen) atoms. The fourth-order valence-electron chi connectivity index (χ4n) is 1.68. The van der Waals surface area contributed by atoms with E-state index in [0.717, 1.165) is 4.47 Å². The van der Waals surface area contributed by atoms with Gasteiger partial charge >= 0.3 is 5.97 Å². The predicted molar refractivity (Wildman–Crippen MR) is 80.9 cm³/mol. The van der Waals surface area contributed by atoms with E-state index in [1.165, 1.54) is 0 Å². The van der Waals surface area contributed by atoms with E-state index in [0.29, 0.717) is 18.4 Å². The largest absolute Gasteiger partial charge is 0.480 e. The van der Waals surface area contributed by atoms with Crippen LogP contribution in [0.3, 0.4) is 0 Å². The van der Waals surface area contributed by atoms with Gasteiger partial charge in [-0.25, -0.2) is 4.79 Å². The van der Waals surface area contributed by atoms with Crippen molar-refractivity contribution in [2.75, 3.05) is 6.54 Å². The molecule has 6 nitrogen and oxygen atoms in total. The average molecular weight is 357 g/mol. The average Bonchev–Trinajstić information content (AvgIpc) is 2.44. The molecule has 1 rings (SSSR count). The molecule has 1 atom stereocenters. The molecule has 2 amide bonds. The van der Waals surface area contributed by atoms with Gasteiger partial charge in [-0.15, -0.1) is 0 Å². The number of carbonyl (C=O) groups excluding carboxylic acids is 2. The number of benzene rings is 1. The minimum Gasteiger partial charge on any atom is -0.480 e. The second-order valence-electron chi connectivity index (χ2n) is 4.44. The van der Waals surface area contributed by atoms with Gasteiger partial charge in [0.2, 0.25) is 5.91 Å². The van der Waals surface area contributed by atoms with Gasteiger partial charge in [-0.3, -0.25) is 9.59 Å².